The molecule has 0 saturated carbocycles. The Kier molecular flexibility index (Phi) is 5.87. The third-order valence-electron chi connectivity index (χ3n) is 5.45. The third kappa shape index (κ3) is 3.81. The van der Waals surface area contributed by atoms with Crippen LogP contribution in [-0.2, 0) is 21.4 Å². The van der Waals surface area contributed by atoms with E-state index in [1.54, 1.807) is 19.2 Å². The topological polar surface area (TPSA) is 84.9 Å². The lowest BCUT2D eigenvalue weighted by molar-refractivity contribution is -0.144. The number of hydrogen-bond donors (Lipinski definition) is 2. The summed E-state index contributed by atoms with van der Waals surface area (Å²) in [6.07, 6.45) is 0.893. The monoisotopic (exact) mass is 383 g/mol. The van der Waals surface area contributed by atoms with Gasteiger partial charge in [-0.05, 0) is 42.2 Å². The van der Waals surface area contributed by atoms with Crippen LogP contribution < -0.4 is 14.8 Å². The second-order valence-corrected chi connectivity index (χ2v) is 7.01. The summed E-state index contributed by atoms with van der Waals surface area (Å²) >= 11 is 0. The fraction of sp³-hybridized carbons (Fsp3) is 0.364. The molecule has 2 aromatic carbocycles. The average Bonchev–Trinajstić information content (AvgIpc) is 2.74. The lowest BCUT2D eigenvalue weighted by atomic mass is 9.78. The molecule has 0 aliphatic carbocycles. The molecule has 1 aliphatic heterocycles. The van der Waals surface area contributed by atoms with Gasteiger partial charge in [-0.25, -0.2) is 0 Å². The lowest BCUT2D eigenvalue weighted by Crippen LogP contribution is -2.48. The first kappa shape index (κ1) is 19.7. The molecule has 1 heterocycles. The van der Waals surface area contributed by atoms with E-state index in [1.807, 2.05) is 43.3 Å². The van der Waals surface area contributed by atoms with E-state index >= 15 is 0 Å². The number of rotatable bonds is 7. The van der Waals surface area contributed by atoms with Crippen molar-refractivity contribution in [3.05, 3.63) is 59.7 Å². The zero-order valence-electron chi connectivity index (χ0n) is 16.1. The van der Waals surface area contributed by atoms with Crippen LogP contribution in [0.25, 0.3) is 0 Å². The van der Waals surface area contributed by atoms with Crippen LogP contribution in [0.15, 0.2) is 48.5 Å². The number of hydrogen-bond acceptors (Lipinski definition) is 4. The molecule has 148 valence electrons. The number of benzene rings is 2. The van der Waals surface area contributed by atoms with E-state index in [9.17, 15) is 14.7 Å². The Morgan fingerprint density at radius 1 is 1.25 bits per heavy atom. The van der Waals surface area contributed by atoms with E-state index in [4.69, 9.17) is 9.47 Å². The molecule has 0 spiro atoms. The molecule has 0 saturated heterocycles. The van der Waals surface area contributed by atoms with E-state index < -0.39 is 11.4 Å². The Hall–Kier alpha value is -3.02. The van der Waals surface area contributed by atoms with Gasteiger partial charge in [0, 0.05) is 6.54 Å². The number of carbonyl (C=O) groups is 2. The van der Waals surface area contributed by atoms with Crippen molar-refractivity contribution in [3.8, 4) is 11.5 Å². The van der Waals surface area contributed by atoms with E-state index in [-0.39, 0.29) is 25.0 Å². The van der Waals surface area contributed by atoms with Gasteiger partial charge in [0.25, 0.3) is 0 Å². The summed E-state index contributed by atoms with van der Waals surface area (Å²) in [6, 6.07) is 14.6. The molecule has 0 bridgehead atoms. The molecule has 6 nitrogen and oxygen atoms in total. The molecule has 28 heavy (non-hydrogen) atoms. The van der Waals surface area contributed by atoms with Crippen molar-refractivity contribution < 1.29 is 24.2 Å². The highest BCUT2D eigenvalue weighted by atomic mass is 16.5. The van der Waals surface area contributed by atoms with Gasteiger partial charge >= 0.3 is 5.97 Å². The third-order valence-corrected chi connectivity index (χ3v) is 5.45. The summed E-state index contributed by atoms with van der Waals surface area (Å²) in [7, 11) is 1.59. The number of amides is 1. The zero-order chi connectivity index (χ0) is 20.1. The molecular weight excluding hydrogens is 358 g/mol. The van der Waals surface area contributed by atoms with Crippen LogP contribution in [0.4, 0.5) is 0 Å². The predicted molar refractivity (Wildman–Crippen MR) is 105 cm³/mol. The molecule has 6 heteroatoms. The number of carboxylic acid groups (broad SMARTS) is 1. The molecule has 2 atom stereocenters. The average molecular weight is 383 g/mol. The molecule has 2 N–H and O–H groups in total. The molecule has 1 aliphatic rings. The van der Waals surface area contributed by atoms with Crippen molar-refractivity contribution in [3.63, 3.8) is 0 Å². The number of nitrogens with one attached hydrogen (secondary N) is 1. The minimum absolute atomic E-state index is 0.0309. The standard InChI is InChI=1S/C22H25NO5/c1-3-22(21(25)26,17-7-5-4-6-8-17)14-23-20(24)16-11-15-12-18(27-2)9-10-19(15)28-13-16/h4-10,12,16H,3,11,13-14H2,1-2H3,(H,23,24)(H,25,26). The van der Waals surface area contributed by atoms with E-state index in [2.05, 4.69) is 5.32 Å². The van der Waals surface area contributed by atoms with Crippen LogP contribution in [-0.4, -0.2) is 37.2 Å². The fourth-order valence-corrected chi connectivity index (χ4v) is 3.59. The van der Waals surface area contributed by atoms with Crippen LogP contribution in [0.3, 0.4) is 0 Å². The number of carbonyl (C=O) groups excluding carboxylic acids is 1. The van der Waals surface area contributed by atoms with Gasteiger partial charge in [0.1, 0.15) is 23.5 Å². The second-order valence-electron chi connectivity index (χ2n) is 7.01. The van der Waals surface area contributed by atoms with Crippen molar-refractivity contribution in [1.82, 2.24) is 5.32 Å². The summed E-state index contributed by atoms with van der Waals surface area (Å²) in [5, 5.41) is 12.8. The van der Waals surface area contributed by atoms with Gasteiger partial charge in [-0.1, -0.05) is 37.3 Å². The molecule has 2 aromatic rings. The quantitative estimate of drug-likeness (QED) is 0.768. The first-order valence-electron chi connectivity index (χ1n) is 9.36. The van der Waals surface area contributed by atoms with Crippen molar-refractivity contribution in [2.75, 3.05) is 20.3 Å². The Labute approximate surface area is 164 Å². The SMILES string of the molecule is CCC(CNC(=O)C1COc2ccc(OC)cc2C1)(C(=O)O)c1ccccc1. The molecule has 2 unspecified atom stereocenters. The van der Waals surface area contributed by atoms with Crippen LogP contribution in [0, 0.1) is 5.92 Å². The van der Waals surface area contributed by atoms with Gasteiger partial charge in [0.15, 0.2) is 0 Å². The fourth-order valence-electron chi connectivity index (χ4n) is 3.59. The zero-order valence-corrected chi connectivity index (χ0v) is 16.1. The minimum Gasteiger partial charge on any atom is -0.497 e. The van der Waals surface area contributed by atoms with Crippen LogP contribution in [0.2, 0.25) is 0 Å². The van der Waals surface area contributed by atoms with Gasteiger partial charge in [-0.3, -0.25) is 9.59 Å². The largest absolute Gasteiger partial charge is 0.497 e. The lowest BCUT2D eigenvalue weighted by Gasteiger charge is -2.31. The number of carboxylic acids is 1. The molecule has 1 amide bonds. The first-order valence-corrected chi connectivity index (χ1v) is 9.36. The molecule has 0 radical (unpaired) electrons. The van der Waals surface area contributed by atoms with Crippen LogP contribution >= 0.6 is 0 Å². The van der Waals surface area contributed by atoms with E-state index in [0.29, 0.717) is 24.2 Å². The maximum Gasteiger partial charge on any atom is 0.315 e. The Balaban J connectivity index is 1.72. The maximum atomic E-state index is 12.8. The highest BCUT2D eigenvalue weighted by Crippen LogP contribution is 2.31. The van der Waals surface area contributed by atoms with Gasteiger partial charge in [0.05, 0.1) is 13.0 Å². The predicted octanol–water partition coefficient (Wildman–Crippen LogP) is 2.80. The van der Waals surface area contributed by atoms with Gasteiger partial charge < -0.3 is 19.9 Å². The summed E-state index contributed by atoms with van der Waals surface area (Å²) in [5.41, 5.74) is 0.433. The van der Waals surface area contributed by atoms with Gasteiger partial charge in [0.2, 0.25) is 5.91 Å². The van der Waals surface area contributed by atoms with Crippen molar-refractivity contribution in [2.24, 2.45) is 5.92 Å². The van der Waals surface area contributed by atoms with E-state index in [0.717, 1.165) is 11.3 Å². The number of fused-ring (bicyclic) bond motifs is 1. The van der Waals surface area contributed by atoms with Gasteiger partial charge in [-0.2, -0.15) is 0 Å². The molecule has 0 aromatic heterocycles. The van der Waals surface area contributed by atoms with Crippen molar-refractivity contribution in [1.29, 1.82) is 0 Å². The summed E-state index contributed by atoms with van der Waals surface area (Å²) in [4.78, 5) is 24.8. The Morgan fingerprint density at radius 3 is 2.64 bits per heavy atom. The Morgan fingerprint density at radius 2 is 2.00 bits per heavy atom. The van der Waals surface area contributed by atoms with E-state index in [1.165, 1.54) is 0 Å². The number of aliphatic carboxylic acids is 1. The van der Waals surface area contributed by atoms with Crippen molar-refractivity contribution in [2.45, 2.75) is 25.2 Å². The molecule has 3 rings (SSSR count). The summed E-state index contributed by atoms with van der Waals surface area (Å²) < 4.78 is 11.0. The molecular formula is C22H25NO5. The Bertz CT molecular complexity index is 851. The normalized spacial score (nSPS) is 17.6. The second kappa shape index (κ2) is 8.33. The minimum atomic E-state index is -1.16. The van der Waals surface area contributed by atoms with Crippen LogP contribution in [0.5, 0.6) is 11.5 Å². The smallest absolute Gasteiger partial charge is 0.315 e. The van der Waals surface area contributed by atoms with Crippen LogP contribution in [0.1, 0.15) is 24.5 Å². The number of methoxy groups -OCH3 is 1. The highest BCUT2D eigenvalue weighted by Gasteiger charge is 2.39. The van der Waals surface area contributed by atoms with Crippen molar-refractivity contribution >= 4 is 11.9 Å². The summed E-state index contributed by atoms with van der Waals surface area (Å²) in [5.74, 6) is -0.0652. The molecule has 0 fully saturated rings. The first-order chi connectivity index (χ1) is 13.5. The summed E-state index contributed by atoms with van der Waals surface area (Å²) in [6.45, 7) is 2.12. The van der Waals surface area contributed by atoms with Gasteiger partial charge in [-0.15, -0.1) is 0 Å². The maximum absolute atomic E-state index is 12.8. The highest BCUT2D eigenvalue weighted by molar-refractivity contribution is 5.84. The number of ether oxygens (including phenoxy) is 2.